The zero-order valence-electron chi connectivity index (χ0n) is 13.8. The Balaban J connectivity index is 2.46. The van der Waals surface area contributed by atoms with E-state index in [2.05, 4.69) is 9.72 Å². The van der Waals surface area contributed by atoms with Crippen molar-refractivity contribution in [3.8, 4) is 0 Å². The smallest absolute Gasteiger partial charge is 0.381 e. The van der Waals surface area contributed by atoms with Gasteiger partial charge in [0.25, 0.3) is 0 Å². The van der Waals surface area contributed by atoms with Crippen molar-refractivity contribution in [3.63, 3.8) is 0 Å². The van der Waals surface area contributed by atoms with Gasteiger partial charge in [0.1, 0.15) is 0 Å². The van der Waals surface area contributed by atoms with Gasteiger partial charge in [0, 0.05) is 22.0 Å². The van der Waals surface area contributed by atoms with E-state index >= 15 is 0 Å². The minimum Gasteiger partial charge on any atom is -0.464 e. The first kappa shape index (κ1) is 17.7. The first-order valence-corrected chi connectivity index (χ1v) is 7.45. The summed E-state index contributed by atoms with van der Waals surface area (Å²) in [4.78, 5) is 25.2. The highest BCUT2D eigenvalue weighted by atomic mass is 16.6. The lowest BCUT2D eigenvalue weighted by molar-refractivity contribution is -0.509. The van der Waals surface area contributed by atoms with Crippen molar-refractivity contribution >= 4 is 22.9 Å². The molecule has 0 radical (unpaired) electrons. The lowest BCUT2D eigenvalue weighted by Gasteiger charge is -2.11. The molecule has 0 aliphatic rings. The predicted molar refractivity (Wildman–Crippen MR) is 90.1 cm³/mol. The third kappa shape index (κ3) is 3.99. The number of ether oxygens (including phenoxy) is 1. The number of esters is 1. The Hall–Kier alpha value is -2.67. The molecule has 0 aliphatic carbocycles. The van der Waals surface area contributed by atoms with Crippen molar-refractivity contribution in [1.82, 2.24) is 4.98 Å². The highest BCUT2D eigenvalue weighted by molar-refractivity contribution is 5.92. The number of aromatic amines is 1. The van der Waals surface area contributed by atoms with Crippen LogP contribution in [0.1, 0.15) is 25.0 Å². The number of hydrogen-bond donors (Lipinski definition) is 2. The molecule has 24 heavy (non-hydrogen) atoms. The molecule has 0 spiro atoms. The maximum Gasteiger partial charge on any atom is 0.381 e. The monoisotopic (exact) mass is 332 g/mol. The van der Waals surface area contributed by atoms with E-state index in [0.717, 1.165) is 23.6 Å². The fourth-order valence-electron chi connectivity index (χ4n) is 2.47. The van der Waals surface area contributed by atoms with Gasteiger partial charge in [0.05, 0.1) is 19.1 Å². The summed E-state index contributed by atoms with van der Waals surface area (Å²) in [5.74, 6) is -0.876. The summed E-state index contributed by atoms with van der Waals surface area (Å²) in [6, 6.07) is 4.08. The Morgan fingerprint density at radius 1 is 1.50 bits per heavy atom. The maximum atomic E-state index is 11.6. The van der Waals surface area contributed by atoms with Gasteiger partial charge in [-0.05, 0) is 31.0 Å². The van der Waals surface area contributed by atoms with Crippen LogP contribution >= 0.6 is 0 Å². The van der Waals surface area contributed by atoms with Crippen molar-refractivity contribution in [3.05, 3.63) is 51.7 Å². The van der Waals surface area contributed by atoms with Crippen LogP contribution < -0.4 is 0 Å². The first-order chi connectivity index (χ1) is 11.2. The maximum absolute atomic E-state index is 11.6. The van der Waals surface area contributed by atoms with E-state index in [1.807, 2.05) is 18.2 Å². The highest BCUT2D eigenvalue weighted by Crippen LogP contribution is 2.26. The normalized spacial score (nSPS) is 13.3. The van der Waals surface area contributed by atoms with Gasteiger partial charge in [0.2, 0.25) is 0 Å². The number of carbonyl (C=O) groups is 1. The van der Waals surface area contributed by atoms with Crippen LogP contribution in [0.2, 0.25) is 0 Å². The van der Waals surface area contributed by atoms with E-state index in [1.165, 1.54) is 0 Å². The second-order valence-corrected chi connectivity index (χ2v) is 6.10. The van der Waals surface area contributed by atoms with Crippen molar-refractivity contribution in [2.24, 2.45) is 0 Å². The number of rotatable bonds is 6. The summed E-state index contributed by atoms with van der Waals surface area (Å²) < 4.78 is 4.52. The van der Waals surface area contributed by atoms with Crippen LogP contribution in [0.5, 0.6) is 0 Å². The molecule has 0 bridgehead atoms. The molecule has 1 heterocycles. The molecule has 7 heteroatoms. The number of benzene rings is 1. The molecule has 1 aromatic heterocycles. The molecule has 2 rings (SSSR count). The van der Waals surface area contributed by atoms with Crippen LogP contribution in [0.4, 0.5) is 0 Å². The minimum absolute atomic E-state index is 0.0763. The van der Waals surface area contributed by atoms with Crippen LogP contribution in [-0.2, 0) is 16.0 Å². The fraction of sp³-hybridized carbons (Fsp3) is 0.353. The Labute approximate surface area is 139 Å². The molecule has 128 valence electrons. The molecular weight excluding hydrogens is 312 g/mol. The van der Waals surface area contributed by atoms with Crippen LogP contribution in [0.25, 0.3) is 17.0 Å². The van der Waals surface area contributed by atoms with Crippen LogP contribution in [0.15, 0.2) is 30.5 Å². The van der Waals surface area contributed by atoms with E-state index in [1.54, 1.807) is 32.2 Å². The second kappa shape index (κ2) is 6.84. The molecular formula is C17H20N2O5. The topological polar surface area (TPSA) is 105 Å². The van der Waals surface area contributed by atoms with E-state index in [4.69, 9.17) is 0 Å². The highest BCUT2D eigenvalue weighted by Gasteiger charge is 2.32. The van der Waals surface area contributed by atoms with Gasteiger partial charge in [-0.2, -0.15) is 0 Å². The zero-order valence-corrected chi connectivity index (χ0v) is 13.8. The second-order valence-electron chi connectivity index (χ2n) is 6.10. The van der Waals surface area contributed by atoms with Crippen molar-refractivity contribution in [1.29, 1.82) is 0 Å². The molecule has 1 unspecified atom stereocenters. The van der Waals surface area contributed by atoms with Crippen molar-refractivity contribution in [2.45, 2.75) is 31.9 Å². The number of aliphatic hydroxyl groups is 1. The van der Waals surface area contributed by atoms with E-state index in [-0.39, 0.29) is 6.42 Å². The number of nitrogens with zero attached hydrogens (tertiary/aromatic N) is 1. The molecule has 7 nitrogen and oxygen atoms in total. The molecule has 1 aromatic carbocycles. The number of nitro groups is 1. The summed E-state index contributed by atoms with van der Waals surface area (Å²) in [5.41, 5.74) is 1.27. The summed E-state index contributed by atoms with van der Waals surface area (Å²) in [6.07, 6.45) is 4.99. The van der Waals surface area contributed by atoms with Gasteiger partial charge in [-0.25, -0.2) is 4.79 Å². The summed E-state index contributed by atoms with van der Waals surface area (Å²) in [7, 11) is 1.13. The third-order valence-corrected chi connectivity index (χ3v) is 3.63. The largest absolute Gasteiger partial charge is 0.464 e. The third-order valence-electron chi connectivity index (χ3n) is 3.63. The Morgan fingerprint density at radius 2 is 2.21 bits per heavy atom. The van der Waals surface area contributed by atoms with Gasteiger partial charge < -0.3 is 14.8 Å². The zero-order chi connectivity index (χ0) is 17.9. The Bertz CT molecular complexity index is 786. The standard InChI is InChI=1S/C17H20N2O5/c1-17(2,21)8-7-11-5-4-6-13-15(11)12(10-18-13)9-14(19(22)23)16(20)24-3/h4-8,10,14,18,21H,9H2,1-3H3/b8-7+. The molecule has 0 amide bonds. The number of carbonyl (C=O) groups excluding carboxylic acids is 1. The lowest BCUT2D eigenvalue weighted by atomic mass is 9.99. The lowest BCUT2D eigenvalue weighted by Crippen LogP contribution is -2.32. The molecule has 2 aromatic rings. The fourth-order valence-corrected chi connectivity index (χ4v) is 2.47. The summed E-state index contributed by atoms with van der Waals surface area (Å²) in [6.45, 7) is 3.31. The number of aromatic nitrogens is 1. The predicted octanol–water partition coefficient (Wildman–Crippen LogP) is 2.31. The number of nitrogens with one attached hydrogen (secondary N) is 1. The van der Waals surface area contributed by atoms with Gasteiger partial charge in [-0.15, -0.1) is 0 Å². The Kier molecular flexibility index (Phi) is 5.04. The average Bonchev–Trinajstić information content (AvgIpc) is 2.92. The Morgan fingerprint density at radius 3 is 2.79 bits per heavy atom. The van der Waals surface area contributed by atoms with E-state index in [9.17, 15) is 20.0 Å². The van der Waals surface area contributed by atoms with Gasteiger partial charge in [0.15, 0.2) is 0 Å². The van der Waals surface area contributed by atoms with Gasteiger partial charge in [-0.1, -0.05) is 24.3 Å². The number of hydrogen-bond acceptors (Lipinski definition) is 5. The molecule has 0 saturated heterocycles. The van der Waals surface area contributed by atoms with Crippen LogP contribution in [0.3, 0.4) is 0 Å². The first-order valence-electron chi connectivity index (χ1n) is 7.45. The molecule has 0 fully saturated rings. The van der Waals surface area contributed by atoms with Gasteiger partial charge in [-0.3, -0.25) is 10.1 Å². The molecule has 2 N–H and O–H groups in total. The minimum atomic E-state index is -1.46. The summed E-state index contributed by atoms with van der Waals surface area (Å²) >= 11 is 0. The van der Waals surface area contributed by atoms with E-state index < -0.39 is 22.5 Å². The number of fused-ring (bicyclic) bond motifs is 1. The molecule has 0 aliphatic heterocycles. The quantitative estimate of drug-likeness (QED) is 0.480. The number of H-pyrrole nitrogens is 1. The van der Waals surface area contributed by atoms with Crippen molar-refractivity contribution < 1.29 is 19.6 Å². The molecule has 1 atom stereocenters. The average molecular weight is 332 g/mol. The van der Waals surface area contributed by atoms with Crippen molar-refractivity contribution in [2.75, 3.05) is 7.11 Å². The van der Waals surface area contributed by atoms with Gasteiger partial charge >= 0.3 is 12.0 Å². The molecule has 0 saturated carbocycles. The van der Waals surface area contributed by atoms with Crippen LogP contribution in [-0.4, -0.2) is 39.7 Å². The van der Waals surface area contributed by atoms with E-state index in [0.29, 0.717) is 5.56 Å². The SMILES string of the molecule is COC(=O)C(Cc1c[nH]c2cccc(/C=C/C(C)(C)O)c12)[N+](=O)[O-]. The van der Waals surface area contributed by atoms with Crippen LogP contribution in [0, 0.1) is 10.1 Å². The summed E-state index contributed by atoms with van der Waals surface area (Å²) in [5, 5.41) is 21.8. The number of methoxy groups -OCH3 is 1.